The molecule has 34 heavy (non-hydrogen) atoms. The van der Waals surface area contributed by atoms with Crippen LogP contribution in [0, 0.1) is 13.8 Å². The molecular formula is C29H28O5. The van der Waals surface area contributed by atoms with E-state index in [0.717, 1.165) is 33.2 Å². The van der Waals surface area contributed by atoms with E-state index in [2.05, 4.69) is 24.3 Å². The predicted octanol–water partition coefficient (Wildman–Crippen LogP) is 6.15. The number of ether oxygens (including phenoxy) is 2. The van der Waals surface area contributed by atoms with Crippen LogP contribution in [0.4, 0.5) is 0 Å². The van der Waals surface area contributed by atoms with Gasteiger partial charge in [-0.15, -0.1) is 0 Å². The second-order valence-corrected chi connectivity index (χ2v) is 8.22. The number of aryl methyl sites for hydroxylation is 2. The lowest BCUT2D eigenvalue weighted by Gasteiger charge is -2.14. The number of carbonyl (C=O) groups excluding carboxylic acids is 1. The summed E-state index contributed by atoms with van der Waals surface area (Å²) in [4.78, 5) is 24.4. The molecular weight excluding hydrogens is 428 g/mol. The SMILES string of the molecule is CCOC(=O)CCc1c(C)c2ccc(OCc3cccc(-c4ccccc4)c3)c(C)c2oc1=O. The minimum atomic E-state index is -0.426. The van der Waals surface area contributed by atoms with E-state index in [1.807, 2.05) is 56.3 Å². The number of fused-ring (bicyclic) bond motifs is 1. The van der Waals surface area contributed by atoms with Gasteiger partial charge in [-0.2, -0.15) is 0 Å². The van der Waals surface area contributed by atoms with E-state index >= 15 is 0 Å². The summed E-state index contributed by atoms with van der Waals surface area (Å²) in [5.74, 6) is 0.345. The van der Waals surface area contributed by atoms with Crippen molar-refractivity contribution in [2.45, 2.75) is 40.2 Å². The predicted molar refractivity (Wildman–Crippen MR) is 133 cm³/mol. The lowest BCUT2D eigenvalue weighted by molar-refractivity contribution is -0.143. The van der Waals surface area contributed by atoms with Gasteiger partial charge in [-0.1, -0.05) is 48.5 Å². The molecule has 0 aliphatic carbocycles. The molecule has 0 fully saturated rings. The summed E-state index contributed by atoms with van der Waals surface area (Å²) in [5, 5.41) is 0.842. The fraction of sp³-hybridized carbons (Fsp3) is 0.241. The molecule has 1 heterocycles. The van der Waals surface area contributed by atoms with Crippen molar-refractivity contribution in [2.24, 2.45) is 0 Å². The quantitative estimate of drug-likeness (QED) is 0.235. The van der Waals surface area contributed by atoms with Gasteiger partial charge in [0.05, 0.1) is 6.61 Å². The van der Waals surface area contributed by atoms with Crippen molar-refractivity contribution in [3.63, 3.8) is 0 Å². The summed E-state index contributed by atoms with van der Waals surface area (Å²) in [6, 6.07) is 22.3. The number of benzene rings is 3. The Balaban J connectivity index is 1.56. The van der Waals surface area contributed by atoms with Gasteiger partial charge in [0.25, 0.3) is 0 Å². The molecule has 0 spiro atoms. The van der Waals surface area contributed by atoms with Gasteiger partial charge in [-0.05, 0) is 67.6 Å². The Hall–Kier alpha value is -3.86. The van der Waals surface area contributed by atoms with Crippen molar-refractivity contribution < 1.29 is 18.7 Å². The van der Waals surface area contributed by atoms with Crippen LogP contribution in [0.5, 0.6) is 5.75 Å². The monoisotopic (exact) mass is 456 g/mol. The molecule has 0 unspecified atom stereocenters. The van der Waals surface area contributed by atoms with E-state index in [-0.39, 0.29) is 18.8 Å². The summed E-state index contributed by atoms with van der Waals surface area (Å²) < 4.78 is 16.8. The van der Waals surface area contributed by atoms with Crippen molar-refractivity contribution in [1.29, 1.82) is 0 Å². The molecule has 0 N–H and O–H groups in total. The Morgan fingerprint density at radius 1 is 0.912 bits per heavy atom. The van der Waals surface area contributed by atoms with Gasteiger partial charge in [0.1, 0.15) is 17.9 Å². The number of carbonyl (C=O) groups is 1. The molecule has 0 aliphatic rings. The topological polar surface area (TPSA) is 65.7 Å². The maximum absolute atomic E-state index is 12.7. The highest BCUT2D eigenvalue weighted by Crippen LogP contribution is 2.30. The van der Waals surface area contributed by atoms with Crippen molar-refractivity contribution >= 4 is 16.9 Å². The third-order valence-electron chi connectivity index (χ3n) is 5.97. The smallest absolute Gasteiger partial charge is 0.339 e. The Kier molecular flexibility index (Phi) is 7.12. The van der Waals surface area contributed by atoms with Crippen molar-refractivity contribution in [1.82, 2.24) is 0 Å². The minimum absolute atomic E-state index is 0.146. The Bertz CT molecular complexity index is 1370. The van der Waals surface area contributed by atoms with Gasteiger partial charge in [0.15, 0.2) is 0 Å². The second-order valence-electron chi connectivity index (χ2n) is 8.22. The second kappa shape index (κ2) is 10.4. The maximum Gasteiger partial charge on any atom is 0.339 e. The first-order valence-electron chi connectivity index (χ1n) is 11.5. The summed E-state index contributed by atoms with van der Waals surface area (Å²) in [7, 11) is 0. The highest BCUT2D eigenvalue weighted by atomic mass is 16.5. The average Bonchev–Trinajstić information content (AvgIpc) is 2.85. The van der Waals surface area contributed by atoms with Gasteiger partial charge in [-0.25, -0.2) is 4.79 Å². The van der Waals surface area contributed by atoms with E-state index < -0.39 is 5.63 Å². The third-order valence-corrected chi connectivity index (χ3v) is 5.97. The molecule has 0 aliphatic heterocycles. The van der Waals surface area contributed by atoms with Crippen molar-refractivity contribution in [2.75, 3.05) is 6.61 Å². The van der Waals surface area contributed by atoms with Gasteiger partial charge in [-0.3, -0.25) is 4.79 Å². The standard InChI is InChI=1S/C29H28O5/c1-4-32-27(30)16-14-25-19(2)24-13-15-26(20(3)28(24)34-29(25)31)33-18-21-9-8-12-23(17-21)22-10-6-5-7-11-22/h5-13,15,17H,4,14,16,18H2,1-3H3. The molecule has 4 aromatic rings. The molecule has 0 atom stereocenters. The van der Waals surface area contributed by atoms with Crippen LogP contribution in [0.25, 0.3) is 22.1 Å². The average molecular weight is 457 g/mol. The number of rotatable bonds is 8. The van der Waals surface area contributed by atoms with Crippen LogP contribution in [0.2, 0.25) is 0 Å². The molecule has 5 heteroatoms. The van der Waals surface area contributed by atoms with Crippen LogP contribution in [0.1, 0.15) is 35.6 Å². The highest BCUT2D eigenvalue weighted by Gasteiger charge is 2.16. The van der Waals surface area contributed by atoms with E-state index in [4.69, 9.17) is 13.9 Å². The third kappa shape index (κ3) is 5.04. The highest BCUT2D eigenvalue weighted by molar-refractivity contribution is 5.85. The van der Waals surface area contributed by atoms with Gasteiger partial charge >= 0.3 is 11.6 Å². The maximum atomic E-state index is 12.7. The number of hydrogen-bond donors (Lipinski definition) is 0. The van der Waals surface area contributed by atoms with Gasteiger partial charge < -0.3 is 13.9 Å². The van der Waals surface area contributed by atoms with Crippen LogP contribution in [-0.4, -0.2) is 12.6 Å². The zero-order chi connectivity index (χ0) is 24.1. The lowest BCUT2D eigenvalue weighted by Crippen LogP contribution is -2.14. The lowest BCUT2D eigenvalue weighted by atomic mass is 10.0. The van der Waals surface area contributed by atoms with Crippen LogP contribution in [-0.2, 0) is 22.6 Å². The number of hydrogen-bond acceptors (Lipinski definition) is 5. The first-order chi connectivity index (χ1) is 16.5. The zero-order valence-corrected chi connectivity index (χ0v) is 19.7. The van der Waals surface area contributed by atoms with Crippen molar-refractivity contribution in [3.05, 3.63) is 99.4 Å². The fourth-order valence-corrected chi connectivity index (χ4v) is 4.11. The summed E-state index contributed by atoms with van der Waals surface area (Å²) in [5.41, 5.74) is 5.52. The molecule has 3 aromatic carbocycles. The molecule has 1 aromatic heterocycles. The molecule has 0 saturated heterocycles. The molecule has 174 valence electrons. The Morgan fingerprint density at radius 3 is 2.44 bits per heavy atom. The van der Waals surface area contributed by atoms with Crippen molar-refractivity contribution in [3.8, 4) is 16.9 Å². The van der Waals surface area contributed by atoms with Gasteiger partial charge in [0.2, 0.25) is 0 Å². The van der Waals surface area contributed by atoms with Crippen LogP contribution >= 0.6 is 0 Å². The summed E-state index contributed by atoms with van der Waals surface area (Å²) in [6.45, 7) is 6.25. The molecule has 0 saturated carbocycles. The minimum Gasteiger partial charge on any atom is -0.488 e. The Morgan fingerprint density at radius 2 is 1.68 bits per heavy atom. The summed E-state index contributed by atoms with van der Waals surface area (Å²) >= 11 is 0. The van der Waals surface area contributed by atoms with Crippen LogP contribution < -0.4 is 10.4 Å². The molecule has 4 rings (SSSR count). The Labute approximate surface area is 199 Å². The molecule has 0 radical (unpaired) electrons. The number of esters is 1. The van der Waals surface area contributed by atoms with Crippen LogP contribution in [0.3, 0.4) is 0 Å². The van der Waals surface area contributed by atoms with E-state index in [9.17, 15) is 9.59 Å². The first kappa shape index (κ1) is 23.3. The normalized spacial score (nSPS) is 10.9. The van der Waals surface area contributed by atoms with E-state index in [0.29, 0.717) is 30.1 Å². The van der Waals surface area contributed by atoms with E-state index in [1.54, 1.807) is 6.92 Å². The summed E-state index contributed by atoms with van der Waals surface area (Å²) in [6.07, 6.45) is 0.436. The van der Waals surface area contributed by atoms with Crippen LogP contribution in [0.15, 0.2) is 75.9 Å². The van der Waals surface area contributed by atoms with Gasteiger partial charge in [0, 0.05) is 22.9 Å². The zero-order valence-electron chi connectivity index (χ0n) is 19.7. The largest absolute Gasteiger partial charge is 0.488 e. The fourth-order valence-electron chi connectivity index (χ4n) is 4.11. The molecule has 5 nitrogen and oxygen atoms in total. The molecule has 0 amide bonds. The molecule has 0 bridgehead atoms. The van der Waals surface area contributed by atoms with E-state index in [1.165, 1.54) is 0 Å². The first-order valence-corrected chi connectivity index (χ1v) is 11.5.